The summed E-state index contributed by atoms with van der Waals surface area (Å²) in [5, 5.41) is 6.13. The number of aromatic nitrogens is 4. The molecule has 0 atom stereocenters. The molecule has 148 valence electrons. The number of para-hydroxylation sites is 1. The topological polar surface area (TPSA) is 77.2 Å². The first-order valence-corrected chi connectivity index (χ1v) is 10.5. The van der Waals surface area contributed by atoms with Crippen molar-refractivity contribution in [1.29, 1.82) is 0 Å². The third kappa shape index (κ3) is 4.51. The quantitative estimate of drug-likeness (QED) is 0.477. The van der Waals surface area contributed by atoms with Crippen molar-refractivity contribution in [2.24, 2.45) is 0 Å². The maximum absolute atomic E-state index is 5.44. The molecule has 8 heteroatoms. The Balaban J connectivity index is 1.55. The highest BCUT2D eigenvalue weighted by Crippen LogP contribution is 2.28. The van der Waals surface area contributed by atoms with Gasteiger partial charge in [0.05, 0.1) is 31.0 Å². The molecular formula is C20H25N5O2S. The number of hydrogen-bond donors (Lipinski definition) is 0. The van der Waals surface area contributed by atoms with Gasteiger partial charge in [0.1, 0.15) is 10.9 Å². The van der Waals surface area contributed by atoms with Crippen molar-refractivity contribution in [3.05, 3.63) is 41.8 Å². The molecule has 1 aliphatic rings. The van der Waals surface area contributed by atoms with Crippen molar-refractivity contribution in [3.8, 4) is 0 Å². The average Bonchev–Trinajstić information content (AvgIpc) is 3.16. The lowest BCUT2D eigenvalue weighted by atomic mass is 9.97. The fourth-order valence-electron chi connectivity index (χ4n) is 2.98. The number of rotatable bonds is 5. The van der Waals surface area contributed by atoms with Crippen LogP contribution in [0.1, 0.15) is 38.3 Å². The third-order valence-corrected chi connectivity index (χ3v) is 5.52. The van der Waals surface area contributed by atoms with Gasteiger partial charge in [-0.05, 0) is 6.07 Å². The summed E-state index contributed by atoms with van der Waals surface area (Å²) in [7, 11) is 0. The molecule has 0 bridgehead atoms. The van der Waals surface area contributed by atoms with Crippen molar-refractivity contribution in [2.45, 2.75) is 43.5 Å². The number of benzene rings is 1. The van der Waals surface area contributed by atoms with Gasteiger partial charge < -0.3 is 9.26 Å². The van der Waals surface area contributed by atoms with Crippen LogP contribution in [0.4, 0.5) is 0 Å². The van der Waals surface area contributed by atoms with Crippen LogP contribution in [-0.2, 0) is 22.4 Å². The Hall–Kier alpha value is -2.03. The Bertz CT molecular complexity index is 947. The molecule has 2 aromatic heterocycles. The number of hydrogen-bond acceptors (Lipinski definition) is 8. The van der Waals surface area contributed by atoms with E-state index in [1.54, 1.807) is 11.8 Å². The molecule has 0 amide bonds. The molecule has 0 unspecified atom stereocenters. The average molecular weight is 400 g/mol. The highest BCUT2D eigenvalue weighted by Gasteiger charge is 2.22. The van der Waals surface area contributed by atoms with Crippen LogP contribution in [0.5, 0.6) is 0 Å². The molecule has 0 radical (unpaired) electrons. The number of ether oxygens (including phenoxy) is 1. The predicted molar refractivity (Wildman–Crippen MR) is 108 cm³/mol. The zero-order valence-corrected chi connectivity index (χ0v) is 17.3. The van der Waals surface area contributed by atoms with Gasteiger partial charge in [-0.3, -0.25) is 4.90 Å². The fourth-order valence-corrected chi connectivity index (χ4v) is 3.86. The summed E-state index contributed by atoms with van der Waals surface area (Å²) in [4.78, 5) is 16.5. The second-order valence-corrected chi connectivity index (χ2v) is 8.87. The van der Waals surface area contributed by atoms with E-state index in [-0.39, 0.29) is 5.41 Å². The second-order valence-electron chi connectivity index (χ2n) is 7.91. The predicted octanol–water partition coefficient (Wildman–Crippen LogP) is 3.43. The van der Waals surface area contributed by atoms with E-state index >= 15 is 0 Å². The molecule has 28 heavy (non-hydrogen) atoms. The Morgan fingerprint density at radius 3 is 2.57 bits per heavy atom. The van der Waals surface area contributed by atoms with Gasteiger partial charge in [-0.15, -0.1) is 0 Å². The Morgan fingerprint density at radius 1 is 1.04 bits per heavy atom. The highest BCUT2D eigenvalue weighted by atomic mass is 32.2. The highest BCUT2D eigenvalue weighted by molar-refractivity contribution is 7.98. The van der Waals surface area contributed by atoms with Gasteiger partial charge in [0.15, 0.2) is 5.82 Å². The summed E-state index contributed by atoms with van der Waals surface area (Å²) >= 11 is 1.62. The molecule has 0 N–H and O–H groups in total. The third-order valence-electron chi connectivity index (χ3n) is 4.53. The minimum atomic E-state index is -0.150. The Labute approximate surface area is 168 Å². The lowest BCUT2D eigenvalue weighted by Crippen LogP contribution is -2.36. The molecule has 1 aliphatic heterocycles. The van der Waals surface area contributed by atoms with E-state index in [2.05, 4.69) is 41.9 Å². The largest absolute Gasteiger partial charge is 0.379 e. The molecular weight excluding hydrogens is 374 g/mol. The van der Waals surface area contributed by atoms with Gasteiger partial charge in [-0.1, -0.05) is 55.9 Å². The van der Waals surface area contributed by atoms with E-state index < -0.39 is 0 Å². The maximum Gasteiger partial charge on any atom is 0.232 e. The normalized spacial score (nSPS) is 16.0. The summed E-state index contributed by atoms with van der Waals surface area (Å²) < 4.78 is 10.8. The van der Waals surface area contributed by atoms with Crippen molar-refractivity contribution < 1.29 is 9.26 Å². The number of morpholine rings is 1. The first-order chi connectivity index (χ1) is 13.5. The van der Waals surface area contributed by atoms with Crippen molar-refractivity contribution in [3.63, 3.8) is 0 Å². The van der Waals surface area contributed by atoms with Crippen LogP contribution < -0.4 is 0 Å². The molecule has 7 nitrogen and oxygen atoms in total. The molecule has 1 aromatic carbocycles. The van der Waals surface area contributed by atoms with Crippen LogP contribution in [0.2, 0.25) is 0 Å². The fraction of sp³-hybridized carbons (Fsp3) is 0.500. The van der Waals surface area contributed by atoms with Gasteiger partial charge in [0, 0.05) is 23.9 Å². The minimum absolute atomic E-state index is 0.150. The number of thioether (sulfide) groups is 1. The first-order valence-electron chi connectivity index (χ1n) is 9.51. The van der Waals surface area contributed by atoms with E-state index in [0.717, 1.165) is 54.6 Å². The summed E-state index contributed by atoms with van der Waals surface area (Å²) in [6, 6.07) is 8.13. The maximum atomic E-state index is 5.44. The van der Waals surface area contributed by atoms with Gasteiger partial charge in [0.25, 0.3) is 0 Å². The zero-order valence-electron chi connectivity index (χ0n) is 16.5. The minimum Gasteiger partial charge on any atom is -0.379 e. The van der Waals surface area contributed by atoms with Crippen molar-refractivity contribution in [2.75, 3.05) is 26.3 Å². The van der Waals surface area contributed by atoms with Crippen LogP contribution >= 0.6 is 11.8 Å². The zero-order chi connectivity index (χ0) is 19.6. The van der Waals surface area contributed by atoms with Crippen LogP contribution in [0.15, 0.2) is 33.8 Å². The van der Waals surface area contributed by atoms with E-state index in [4.69, 9.17) is 19.2 Å². The summed E-state index contributed by atoms with van der Waals surface area (Å²) in [5.41, 5.74) is 0.815. The van der Waals surface area contributed by atoms with Gasteiger partial charge >= 0.3 is 0 Å². The number of nitrogens with zero attached hydrogens (tertiary/aromatic N) is 5. The molecule has 4 rings (SSSR count). The molecule has 3 aromatic rings. The molecule has 1 saturated heterocycles. The van der Waals surface area contributed by atoms with E-state index in [1.165, 1.54) is 0 Å². The van der Waals surface area contributed by atoms with Crippen molar-refractivity contribution >= 4 is 22.7 Å². The van der Waals surface area contributed by atoms with Crippen LogP contribution in [0, 0.1) is 0 Å². The molecule has 0 saturated carbocycles. The van der Waals surface area contributed by atoms with E-state index in [0.29, 0.717) is 17.5 Å². The Morgan fingerprint density at radius 2 is 1.82 bits per heavy atom. The van der Waals surface area contributed by atoms with Gasteiger partial charge in [-0.25, -0.2) is 9.97 Å². The molecule has 3 heterocycles. The summed E-state index contributed by atoms with van der Waals surface area (Å²) in [6.07, 6.45) is 0. The molecule has 1 fully saturated rings. The summed E-state index contributed by atoms with van der Waals surface area (Å²) in [5.74, 6) is 2.79. The molecule has 0 spiro atoms. The van der Waals surface area contributed by atoms with Crippen LogP contribution in [-0.4, -0.2) is 51.3 Å². The van der Waals surface area contributed by atoms with E-state index in [9.17, 15) is 0 Å². The van der Waals surface area contributed by atoms with Crippen LogP contribution in [0.3, 0.4) is 0 Å². The van der Waals surface area contributed by atoms with E-state index in [1.807, 2.05) is 18.2 Å². The smallest absolute Gasteiger partial charge is 0.232 e. The Kier molecular flexibility index (Phi) is 5.61. The first kappa shape index (κ1) is 19.3. The van der Waals surface area contributed by atoms with Crippen molar-refractivity contribution in [1.82, 2.24) is 25.0 Å². The summed E-state index contributed by atoms with van der Waals surface area (Å²) in [6.45, 7) is 10.3. The monoisotopic (exact) mass is 399 g/mol. The lowest BCUT2D eigenvalue weighted by molar-refractivity contribution is 0.0330. The molecule has 0 aliphatic carbocycles. The van der Waals surface area contributed by atoms with Gasteiger partial charge in [0.2, 0.25) is 5.89 Å². The van der Waals surface area contributed by atoms with Crippen LogP contribution in [0.25, 0.3) is 10.9 Å². The lowest BCUT2D eigenvalue weighted by Gasteiger charge is -2.25. The van der Waals surface area contributed by atoms with Gasteiger partial charge in [-0.2, -0.15) is 4.98 Å². The standard InChI is InChI=1S/C20H25N5O2S/c1-20(2,3)19-23-17(24-27-19)13-28-18-14-6-4-5-7-15(14)21-16(22-18)12-25-8-10-26-11-9-25/h4-7H,8-13H2,1-3H3. The second kappa shape index (κ2) is 8.14. The number of fused-ring (bicyclic) bond motifs is 1. The SMILES string of the molecule is CC(C)(C)c1nc(CSc2nc(CN3CCOCC3)nc3ccccc23)no1.